The fourth-order valence-corrected chi connectivity index (χ4v) is 2.80. The highest BCUT2D eigenvalue weighted by Gasteiger charge is 2.27. The van der Waals surface area contributed by atoms with Gasteiger partial charge in [-0.3, -0.25) is 24.5 Å². The number of ketones is 1. The summed E-state index contributed by atoms with van der Waals surface area (Å²) in [4.78, 5) is 40.5. The van der Waals surface area contributed by atoms with E-state index in [0.717, 1.165) is 5.56 Å². The summed E-state index contributed by atoms with van der Waals surface area (Å²) in [6, 6.07) is 13.7. The summed E-state index contributed by atoms with van der Waals surface area (Å²) in [5, 5.41) is 9.24. The van der Waals surface area contributed by atoms with E-state index in [1.165, 1.54) is 6.20 Å². The molecule has 0 bridgehead atoms. The number of aromatic amines is 1. The number of primary amides is 1. The second-order valence-electron chi connectivity index (χ2n) is 6.15. The van der Waals surface area contributed by atoms with Crippen molar-refractivity contribution in [2.45, 2.75) is 18.9 Å². The zero-order valence-corrected chi connectivity index (χ0v) is 15.0. The summed E-state index contributed by atoms with van der Waals surface area (Å²) in [5.74, 6) is -2.47. The highest BCUT2D eigenvalue weighted by molar-refractivity contribution is 6.38. The lowest BCUT2D eigenvalue weighted by atomic mass is 10.0. The normalized spacial score (nSPS) is 11.6. The number of nitrogens with one attached hydrogen (secondary N) is 2. The summed E-state index contributed by atoms with van der Waals surface area (Å²) in [6.07, 6.45) is 3.69. The number of pyridine rings is 1. The Labute approximate surface area is 161 Å². The van der Waals surface area contributed by atoms with Gasteiger partial charge in [-0.15, -0.1) is 0 Å². The van der Waals surface area contributed by atoms with Crippen LogP contribution in [0, 0.1) is 0 Å². The topological polar surface area (TPSA) is 131 Å². The fourth-order valence-electron chi connectivity index (χ4n) is 2.80. The second-order valence-corrected chi connectivity index (χ2v) is 6.15. The van der Waals surface area contributed by atoms with Gasteiger partial charge in [-0.25, -0.2) is 0 Å². The van der Waals surface area contributed by atoms with E-state index in [2.05, 4.69) is 20.5 Å². The highest BCUT2D eigenvalue weighted by atomic mass is 16.2. The van der Waals surface area contributed by atoms with Gasteiger partial charge >= 0.3 is 0 Å². The molecule has 0 aliphatic heterocycles. The molecule has 8 nitrogen and oxygen atoms in total. The highest BCUT2D eigenvalue weighted by Crippen LogP contribution is 2.18. The first-order valence-electron chi connectivity index (χ1n) is 8.69. The number of aryl methyl sites for hydroxylation is 1. The number of carbonyl (C=O) groups excluding carboxylic acids is 3. The molecule has 0 radical (unpaired) electrons. The lowest BCUT2D eigenvalue weighted by molar-refractivity contribution is -0.137. The first-order chi connectivity index (χ1) is 13.6. The van der Waals surface area contributed by atoms with E-state index < -0.39 is 23.6 Å². The number of Topliss-reactive ketones (excluding diaryl/α,β-unsaturated/α-hetero) is 1. The Morgan fingerprint density at radius 2 is 1.82 bits per heavy atom. The molecular formula is C20H19N5O3. The average molecular weight is 377 g/mol. The van der Waals surface area contributed by atoms with Crippen LogP contribution in [0.4, 0.5) is 0 Å². The van der Waals surface area contributed by atoms with Crippen LogP contribution < -0.4 is 11.1 Å². The molecule has 0 saturated carbocycles. The van der Waals surface area contributed by atoms with Crippen molar-refractivity contribution in [1.29, 1.82) is 0 Å². The summed E-state index contributed by atoms with van der Waals surface area (Å²) < 4.78 is 0. The van der Waals surface area contributed by atoms with Crippen LogP contribution >= 0.6 is 0 Å². The maximum absolute atomic E-state index is 12.7. The first kappa shape index (κ1) is 19.0. The number of nitrogens with two attached hydrogens (primary N) is 1. The maximum Gasteiger partial charge on any atom is 0.287 e. The number of benzene rings is 1. The standard InChI is InChI=1S/C20H19N5O3/c21-19(27)18(26)16(10-9-13-6-2-1-3-7-13)24-20(28)14-12-23-25-17(14)15-8-4-5-11-22-15/h1-8,11-12,16H,9-10H2,(H2,21,27)(H,23,25)(H,24,28). The molecular weight excluding hydrogens is 358 g/mol. The van der Waals surface area contributed by atoms with Gasteiger partial charge in [-0.05, 0) is 30.5 Å². The molecule has 4 N–H and O–H groups in total. The van der Waals surface area contributed by atoms with Gasteiger partial charge in [0.2, 0.25) is 5.78 Å². The summed E-state index contributed by atoms with van der Waals surface area (Å²) in [6.45, 7) is 0. The lowest BCUT2D eigenvalue weighted by Crippen LogP contribution is -2.46. The Kier molecular flexibility index (Phi) is 5.91. The molecule has 142 valence electrons. The van der Waals surface area contributed by atoms with E-state index in [9.17, 15) is 14.4 Å². The van der Waals surface area contributed by atoms with Crippen molar-refractivity contribution in [3.8, 4) is 11.4 Å². The largest absolute Gasteiger partial charge is 0.363 e. The van der Waals surface area contributed by atoms with Crippen molar-refractivity contribution < 1.29 is 14.4 Å². The summed E-state index contributed by atoms with van der Waals surface area (Å²) >= 11 is 0. The van der Waals surface area contributed by atoms with E-state index >= 15 is 0 Å². The van der Waals surface area contributed by atoms with E-state index in [4.69, 9.17) is 5.73 Å². The van der Waals surface area contributed by atoms with Crippen LogP contribution in [-0.2, 0) is 16.0 Å². The molecule has 2 amide bonds. The van der Waals surface area contributed by atoms with Gasteiger partial charge in [0.25, 0.3) is 11.8 Å². The van der Waals surface area contributed by atoms with Crippen LogP contribution in [0.15, 0.2) is 60.9 Å². The SMILES string of the molecule is NC(=O)C(=O)C(CCc1ccccc1)NC(=O)c1cn[nH]c1-c1ccccn1. The fraction of sp³-hybridized carbons (Fsp3) is 0.150. The molecule has 3 aromatic rings. The van der Waals surface area contributed by atoms with Gasteiger partial charge < -0.3 is 11.1 Å². The Morgan fingerprint density at radius 3 is 2.50 bits per heavy atom. The molecule has 0 fully saturated rings. The summed E-state index contributed by atoms with van der Waals surface area (Å²) in [5.41, 5.74) is 7.32. The molecule has 8 heteroatoms. The van der Waals surface area contributed by atoms with Crippen LogP contribution in [0.1, 0.15) is 22.3 Å². The molecule has 1 unspecified atom stereocenters. The number of nitrogens with zero attached hydrogens (tertiary/aromatic N) is 2. The zero-order valence-electron chi connectivity index (χ0n) is 15.0. The third-order valence-electron chi connectivity index (χ3n) is 4.23. The van der Waals surface area contributed by atoms with Gasteiger partial charge in [0.1, 0.15) is 0 Å². The number of carbonyl (C=O) groups is 3. The minimum absolute atomic E-state index is 0.223. The van der Waals surface area contributed by atoms with Gasteiger partial charge in [0, 0.05) is 6.20 Å². The second kappa shape index (κ2) is 8.72. The molecule has 2 heterocycles. The van der Waals surface area contributed by atoms with Gasteiger partial charge in [0.05, 0.1) is 29.2 Å². The number of aromatic nitrogens is 3. The quantitative estimate of drug-likeness (QED) is 0.509. The molecule has 0 spiro atoms. The molecule has 28 heavy (non-hydrogen) atoms. The maximum atomic E-state index is 12.7. The number of amides is 2. The van der Waals surface area contributed by atoms with Crippen molar-refractivity contribution >= 4 is 17.6 Å². The Balaban J connectivity index is 1.77. The van der Waals surface area contributed by atoms with Crippen molar-refractivity contribution in [2.24, 2.45) is 5.73 Å². The minimum Gasteiger partial charge on any atom is -0.363 e. The zero-order chi connectivity index (χ0) is 19.9. The Bertz CT molecular complexity index is 970. The van der Waals surface area contributed by atoms with Gasteiger partial charge in [0.15, 0.2) is 0 Å². The molecule has 1 atom stereocenters. The molecule has 0 saturated heterocycles. The predicted octanol–water partition coefficient (Wildman–Crippen LogP) is 1.26. The molecule has 0 aliphatic carbocycles. The number of hydrogen-bond donors (Lipinski definition) is 3. The first-order valence-corrected chi connectivity index (χ1v) is 8.69. The van der Waals surface area contributed by atoms with E-state index in [-0.39, 0.29) is 12.0 Å². The Hall–Kier alpha value is -3.81. The van der Waals surface area contributed by atoms with Crippen molar-refractivity contribution in [3.63, 3.8) is 0 Å². The van der Waals surface area contributed by atoms with Crippen LogP contribution in [0.5, 0.6) is 0 Å². The van der Waals surface area contributed by atoms with Crippen LogP contribution in [0.3, 0.4) is 0 Å². The van der Waals surface area contributed by atoms with E-state index in [1.807, 2.05) is 30.3 Å². The molecule has 3 rings (SSSR count). The van der Waals surface area contributed by atoms with Crippen molar-refractivity contribution in [1.82, 2.24) is 20.5 Å². The third-order valence-corrected chi connectivity index (χ3v) is 4.23. The smallest absolute Gasteiger partial charge is 0.287 e. The van der Waals surface area contributed by atoms with Gasteiger partial charge in [-0.2, -0.15) is 5.10 Å². The van der Waals surface area contributed by atoms with Crippen molar-refractivity contribution in [2.75, 3.05) is 0 Å². The number of hydrogen-bond acceptors (Lipinski definition) is 5. The summed E-state index contributed by atoms with van der Waals surface area (Å²) in [7, 11) is 0. The number of rotatable bonds is 8. The van der Waals surface area contributed by atoms with E-state index in [1.54, 1.807) is 24.4 Å². The van der Waals surface area contributed by atoms with Gasteiger partial charge in [-0.1, -0.05) is 36.4 Å². The minimum atomic E-state index is -1.09. The Morgan fingerprint density at radius 1 is 1.07 bits per heavy atom. The van der Waals surface area contributed by atoms with Crippen LogP contribution in [-0.4, -0.2) is 38.8 Å². The van der Waals surface area contributed by atoms with E-state index in [0.29, 0.717) is 17.8 Å². The van der Waals surface area contributed by atoms with Crippen LogP contribution in [0.2, 0.25) is 0 Å². The molecule has 0 aliphatic rings. The monoisotopic (exact) mass is 377 g/mol. The lowest BCUT2D eigenvalue weighted by Gasteiger charge is -2.16. The number of H-pyrrole nitrogens is 1. The van der Waals surface area contributed by atoms with Crippen molar-refractivity contribution in [3.05, 3.63) is 72.1 Å². The average Bonchev–Trinajstić information content (AvgIpc) is 3.22. The molecule has 2 aromatic heterocycles. The molecule has 1 aromatic carbocycles. The third kappa shape index (κ3) is 4.47. The predicted molar refractivity (Wildman–Crippen MR) is 102 cm³/mol. The van der Waals surface area contributed by atoms with Crippen LogP contribution in [0.25, 0.3) is 11.4 Å².